The van der Waals surface area contributed by atoms with Crippen LogP contribution in [-0.2, 0) is 16.6 Å². The topological polar surface area (TPSA) is 82.2 Å². The molecule has 0 aromatic carbocycles. The van der Waals surface area contributed by atoms with Crippen LogP contribution in [-0.4, -0.2) is 25.1 Å². The summed E-state index contributed by atoms with van der Waals surface area (Å²) in [6.07, 6.45) is 5.85. The van der Waals surface area contributed by atoms with Gasteiger partial charge in [-0.1, -0.05) is 40.0 Å². The highest BCUT2D eigenvalue weighted by molar-refractivity contribution is 7.89. The smallest absolute Gasteiger partial charge is 0.242 e. The molecule has 20 heavy (non-hydrogen) atoms. The highest BCUT2D eigenvalue weighted by atomic mass is 32.2. The van der Waals surface area contributed by atoms with Crippen molar-refractivity contribution in [2.75, 3.05) is 6.54 Å². The Morgan fingerprint density at radius 3 is 2.60 bits per heavy atom. The van der Waals surface area contributed by atoms with Crippen molar-refractivity contribution >= 4 is 10.0 Å². The van der Waals surface area contributed by atoms with Gasteiger partial charge in [0.1, 0.15) is 0 Å². The quantitative estimate of drug-likeness (QED) is 0.613. The second kappa shape index (κ2) is 7.24. The van der Waals surface area contributed by atoms with Gasteiger partial charge in [0.15, 0.2) is 0 Å². The molecule has 0 saturated heterocycles. The highest BCUT2D eigenvalue weighted by Crippen LogP contribution is 2.23. The Balaban J connectivity index is 2.58. The molecular weight excluding hydrogens is 276 g/mol. The van der Waals surface area contributed by atoms with Crippen LogP contribution in [0.4, 0.5) is 0 Å². The van der Waals surface area contributed by atoms with E-state index in [0.29, 0.717) is 12.2 Å². The first-order chi connectivity index (χ1) is 9.30. The fraction of sp³-hybridized carbons (Fsp3) is 0.714. The normalized spacial score (nSPS) is 12.8. The van der Waals surface area contributed by atoms with Gasteiger partial charge in [-0.3, -0.25) is 0 Å². The molecule has 0 amide bonds. The van der Waals surface area contributed by atoms with Crippen LogP contribution in [0.15, 0.2) is 17.2 Å². The van der Waals surface area contributed by atoms with Crippen molar-refractivity contribution in [3.8, 4) is 0 Å². The van der Waals surface area contributed by atoms with Gasteiger partial charge in [-0.2, -0.15) is 0 Å². The van der Waals surface area contributed by atoms with E-state index in [1.54, 1.807) is 0 Å². The van der Waals surface area contributed by atoms with Crippen molar-refractivity contribution in [2.24, 2.45) is 5.41 Å². The largest absolute Gasteiger partial charge is 0.390 e. The summed E-state index contributed by atoms with van der Waals surface area (Å²) in [4.78, 5) is 2.90. The maximum atomic E-state index is 12.1. The zero-order chi connectivity index (χ0) is 15.2. The number of aromatic amines is 1. The second-order valence-electron chi connectivity index (χ2n) is 5.96. The number of sulfonamides is 1. The molecule has 116 valence electrons. The summed E-state index contributed by atoms with van der Waals surface area (Å²) in [6, 6.07) is 1.45. The molecule has 1 aromatic heterocycles. The molecule has 0 unspecified atom stereocenters. The molecule has 0 aliphatic rings. The summed E-state index contributed by atoms with van der Waals surface area (Å²) in [5, 5.41) is 8.95. The number of aliphatic hydroxyl groups is 1. The van der Waals surface area contributed by atoms with Gasteiger partial charge in [0, 0.05) is 18.4 Å². The van der Waals surface area contributed by atoms with Gasteiger partial charge in [-0.25, -0.2) is 13.1 Å². The van der Waals surface area contributed by atoms with Gasteiger partial charge in [0.25, 0.3) is 0 Å². The maximum Gasteiger partial charge on any atom is 0.242 e. The van der Waals surface area contributed by atoms with Crippen LogP contribution in [0.25, 0.3) is 0 Å². The van der Waals surface area contributed by atoms with Crippen molar-refractivity contribution in [3.63, 3.8) is 0 Å². The molecule has 6 heteroatoms. The van der Waals surface area contributed by atoms with E-state index in [1.165, 1.54) is 18.7 Å². The minimum Gasteiger partial charge on any atom is -0.390 e. The van der Waals surface area contributed by atoms with Crippen LogP contribution in [0.5, 0.6) is 0 Å². The molecule has 1 aromatic rings. The summed E-state index contributed by atoms with van der Waals surface area (Å²) in [5.74, 6) is 0. The third-order valence-corrected chi connectivity index (χ3v) is 4.78. The zero-order valence-electron chi connectivity index (χ0n) is 12.6. The summed E-state index contributed by atoms with van der Waals surface area (Å²) in [5.41, 5.74) is 0.436. The lowest BCUT2D eigenvalue weighted by molar-refractivity contribution is 0.277. The standard InChI is InChI=1S/C14H26N2O3S/c1-4-5-6-7-14(2,3)11-16-20(18,19)13-8-12(10-17)15-9-13/h8-9,15-17H,4-7,10-11H2,1-3H3. The molecule has 1 heterocycles. The Hall–Kier alpha value is -0.850. The molecule has 0 atom stereocenters. The van der Waals surface area contributed by atoms with Crippen LogP contribution in [0.3, 0.4) is 0 Å². The van der Waals surface area contributed by atoms with Gasteiger partial charge in [0.2, 0.25) is 10.0 Å². The van der Waals surface area contributed by atoms with Crippen molar-refractivity contribution < 1.29 is 13.5 Å². The lowest BCUT2D eigenvalue weighted by Gasteiger charge is -2.24. The molecule has 1 rings (SSSR count). The van der Waals surface area contributed by atoms with E-state index < -0.39 is 10.0 Å². The predicted molar refractivity (Wildman–Crippen MR) is 79.8 cm³/mol. The molecule has 0 aliphatic heterocycles. The van der Waals surface area contributed by atoms with Crippen LogP contribution in [0.1, 0.15) is 52.1 Å². The number of hydrogen-bond donors (Lipinski definition) is 3. The first kappa shape index (κ1) is 17.2. The number of aliphatic hydroxyl groups excluding tert-OH is 1. The lowest BCUT2D eigenvalue weighted by Crippen LogP contribution is -2.33. The molecule has 0 bridgehead atoms. The number of rotatable bonds is 9. The fourth-order valence-corrected chi connectivity index (χ4v) is 3.24. The minimum atomic E-state index is -3.51. The number of nitrogens with one attached hydrogen (secondary N) is 2. The zero-order valence-corrected chi connectivity index (χ0v) is 13.4. The Kier molecular flexibility index (Phi) is 6.23. The molecule has 0 radical (unpaired) electrons. The van der Waals surface area contributed by atoms with Crippen LogP contribution in [0, 0.1) is 5.41 Å². The Morgan fingerprint density at radius 1 is 1.35 bits per heavy atom. The fourth-order valence-electron chi connectivity index (χ4n) is 1.98. The maximum absolute atomic E-state index is 12.1. The summed E-state index contributed by atoms with van der Waals surface area (Å²) < 4.78 is 26.9. The number of unbranched alkanes of at least 4 members (excludes halogenated alkanes) is 2. The SMILES string of the molecule is CCCCCC(C)(C)CNS(=O)(=O)c1c[nH]c(CO)c1. The first-order valence-corrected chi connectivity index (χ1v) is 8.57. The van der Waals surface area contributed by atoms with Crippen LogP contribution >= 0.6 is 0 Å². The lowest BCUT2D eigenvalue weighted by atomic mass is 9.87. The van der Waals surface area contributed by atoms with E-state index in [2.05, 4.69) is 30.5 Å². The van der Waals surface area contributed by atoms with Gasteiger partial charge in [-0.05, 0) is 17.9 Å². The Bertz CT molecular complexity index is 506. The molecule has 5 nitrogen and oxygen atoms in total. The van der Waals surface area contributed by atoms with Gasteiger partial charge >= 0.3 is 0 Å². The van der Waals surface area contributed by atoms with E-state index in [1.807, 2.05) is 0 Å². The van der Waals surface area contributed by atoms with E-state index in [-0.39, 0.29) is 16.9 Å². The second-order valence-corrected chi connectivity index (χ2v) is 7.73. The van der Waals surface area contributed by atoms with Gasteiger partial charge in [-0.15, -0.1) is 0 Å². The summed E-state index contributed by atoms with van der Waals surface area (Å²) in [6.45, 7) is 6.51. The molecule has 3 N–H and O–H groups in total. The first-order valence-electron chi connectivity index (χ1n) is 7.08. The van der Waals surface area contributed by atoms with E-state index >= 15 is 0 Å². The average molecular weight is 302 g/mol. The molecule has 0 fully saturated rings. The average Bonchev–Trinajstić information content (AvgIpc) is 2.86. The van der Waals surface area contributed by atoms with Crippen LogP contribution < -0.4 is 4.72 Å². The van der Waals surface area contributed by atoms with Crippen molar-refractivity contribution in [1.29, 1.82) is 0 Å². The van der Waals surface area contributed by atoms with E-state index in [0.717, 1.165) is 19.3 Å². The van der Waals surface area contributed by atoms with E-state index in [9.17, 15) is 8.42 Å². The third kappa shape index (κ3) is 5.26. The molecular formula is C14H26N2O3S. The number of H-pyrrole nitrogens is 1. The summed E-state index contributed by atoms with van der Waals surface area (Å²) in [7, 11) is -3.51. The van der Waals surface area contributed by atoms with Crippen LogP contribution in [0.2, 0.25) is 0 Å². The van der Waals surface area contributed by atoms with Crippen molar-refractivity contribution in [2.45, 2.75) is 58.0 Å². The predicted octanol–water partition coefficient (Wildman–Crippen LogP) is 2.39. The highest BCUT2D eigenvalue weighted by Gasteiger charge is 2.22. The minimum absolute atomic E-state index is 0.0572. The molecule has 0 spiro atoms. The number of hydrogen-bond acceptors (Lipinski definition) is 3. The molecule has 0 aliphatic carbocycles. The van der Waals surface area contributed by atoms with Crippen molar-refractivity contribution in [1.82, 2.24) is 9.71 Å². The van der Waals surface area contributed by atoms with Gasteiger partial charge < -0.3 is 10.1 Å². The number of aromatic nitrogens is 1. The Morgan fingerprint density at radius 2 is 2.05 bits per heavy atom. The van der Waals surface area contributed by atoms with Crippen molar-refractivity contribution in [3.05, 3.63) is 18.0 Å². The van der Waals surface area contributed by atoms with E-state index in [4.69, 9.17) is 5.11 Å². The Labute approximate surface area is 121 Å². The monoisotopic (exact) mass is 302 g/mol. The summed E-state index contributed by atoms with van der Waals surface area (Å²) >= 11 is 0. The third-order valence-electron chi connectivity index (χ3n) is 3.39. The van der Waals surface area contributed by atoms with Gasteiger partial charge in [0.05, 0.1) is 11.5 Å². The molecule has 0 saturated carbocycles.